The van der Waals surface area contributed by atoms with Gasteiger partial charge in [-0.2, -0.15) is 10.4 Å². The number of halogens is 1. The molecule has 5 nitrogen and oxygen atoms in total. The van der Waals surface area contributed by atoms with E-state index in [0.717, 1.165) is 23.6 Å². The zero-order valence-corrected chi connectivity index (χ0v) is 13.7. The third kappa shape index (κ3) is 3.13. The Morgan fingerprint density at radius 3 is 2.78 bits per heavy atom. The van der Waals surface area contributed by atoms with Crippen LogP contribution in [0.4, 0.5) is 0 Å². The van der Waals surface area contributed by atoms with Crippen LogP contribution in [0, 0.1) is 18.3 Å². The van der Waals surface area contributed by atoms with Crippen LogP contribution >= 0.6 is 11.6 Å². The molecule has 2 heterocycles. The molecule has 0 fully saturated rings. The molecule has 1 aromatic carbocycles. The number of aryl methyl sites for hydroxylation is 1. The molecule has 2 aromatic heterocycles. The fourth-order valence-electron chi connectivity index (χ4n) is 2.47. The van der Waals surface area contributed by atoms with Gasteiger partial charge in [-0.05, 0) is 32.0 Å². The molecule has 6 heteroatoms. The maximum atomic E-state index is 8.94. The summed E-state index contributed by atoms with van der Waals surface area (Å²) in [6, 6.07) is 9.57. The number of nitriles is 1. The summed E-state index contributed by atoms with van der Waals surface area (Å²) in [4.78, 5) is 4.23. The van der Waals surface area contributed by atoms with E-state index in [1.807, 2.05) is 36.1 Å². The maximum absolute atomic E-state index is 8.94. The van der Waals surface area contributed by atoms with Crippen molar-refractivity contribution in [1.82, 2.24) is 19.3 Å². The fraction of sp³-hybridized carbons (Fsp3) is 0.235. The Hall–Kier alpha value is -2.58. The van der Waals surface area contributed by atoms with Crippen LogP contribution in [0.15, 0.2) is 42.9 Å². The monoisotopic (exact) mass is 325 g/mol. The van der Waals surface area contributed by atoms with Gasteiger partial charge in [0, 0.05) is 30.7 Å². The van der Waals surface area contributed by atoms with Crippen LogP contribution in [0.3, 0.4) is 0 Å². The zero-order chi connectivity index (χ0) is 16.4. The van der Waals surface area contributed by atoms with Crippen LogP contribution in [-0.2, 0) is 6.54 Å². The molecule has 3 rings (SSSR count). The van der Waals surface area contributed by atoms with Crippen molar-refractivity contribution < 1.29 is 0 Å². The lowest BCUT2D eigenvalue weighted by atomic mass is 10.1. The first-order valence-electron chi connectivity index (χ1n) is 7.31. The van der Waals surface area contributed by atoms with Gasteiger partial charge < -0.3 is 4.57 Å². The van der Waals surface area contributed by atoms with Crippen LogP contribution in [0.1, 0.15) is 24.4 Å². The molecule has 0 unspecified atom stereocenters. The lowest BCUT2D eigenvalue weighted by molar-refractivity contribution is 0.422. The third-order valence-corrected chi connectivity index (χ3v) is 4.14. The molecule has 23 heavy (non-hydrogen) atoms. The molecule has 0 spiro atoms. The van der Waals surface area contributed by atoms with E-state index < -0.39 is 0 Å². The normalized spacial score (nSPS) is 12.1. The van der Waals surface area contributed by atoms with E-state index in [0.29, 0.717) is 10.6 Å². The van der Waals surface area contributed by atoms with Gasteiger partial charge in [-0.3, -0.25) is 4.68 Å². The SMILES string of the molecule is Cc1nccn1C[C@@H](C)n1ccc(-c2ccc(C#N)c(Cl)c2)n1. The van der Waals surface area contributed by atoms with Gasteiger partial charge >= 0.3 is 0 Å². The van der Waals surface area contributed by atoms with Gasteiger partial charge in [0.1, 0.15) is 11.9 Å². The van der Waals surface area contributed by atoms with Gasteiger partial charge in [0.25, 0.3) is 0 Å². The largest absolute Gasteiger partial charge is 0.333 e. The van der Waals surface area contributed by atoms with Crippen molar-refractivity contribution in [1.29, 1.82) is 5.26 Å². The predicted octanol–water partition coefficient (Wildman–Crippen LogP) is 3.84. The number of hydrogen-bond acceptors (Lipinski definition) is 3. The van der Waals surface area contributed by atoms with Gasteiger partial charge in [-0.1, -0.05) is 17.7 Å². The average molecular weight is 326 g/mol. The summed E-state index contributed by atoms with van der Waals surface area (Å²) < 4.78 is 4.03. The molecular formula is C17H16ClN5. The van der Waals surface area contributed by atoms with Gasteiger partial charge in [0.05, 0.1) is 22.3 Å². The second kappa shape index (κ2) is 6.27. The van der Waals surface area contributed by atoms with E-state index >= 15 is 0 Å². The van der Waals surface area contributed by atoms with E-state index in [2.05, 4.69) is 27.6 Å². The van der Waals surface area contributed by atoms with Crippen molar-refractivity contribution in [2.75, 3.05) is 0 Å². The number of nitrogens with zero attached hydrogens (tertiary/aromatic N) is 5. The van der Waals surface area contributed by atoms with Gasteiger partial charge in [-0.25, -0.2) is 4.98 Å². The third-order valence-electron chi connectivity index (χ3n) is 3.83. The van der Waals surface area contributed by atoms with Crippen molar-refractivity contribution in [2.24, 2.45) is 0 Å². The predicted molar refractivity (Wildman–Crippen MR) is 89.1 cm³/mol. The topological polar surface area (TPSA) is 59.4 Å². The molecule has 0 saturated carbocycles. The van der Waals surface area contributed by atoms with Crippen molar-refractivity contribution >= 4 is 11.6 Å². The molecule has 0 saturated heterocycles. The summed E-state index contributed by atoms with van der Waals surface area (Å²) in [5.41, 5.74) is 2.21. The lowest BCUT2D eigenvalue weighted by Crippen LogP contribution is -2.14. The minimum Gasteiger partial charge on any atom is -0.333 e. The van der Waals surface area contributed by atoms with Crippen molar-refractivity contribution in [3.05, 3.63) is 59.3 Å². The van der Waals surface area contributed by atoms with Crippen LogP contribution in [0.2, 0.25) is 5.02 Å². The molecule has 0 radical (unpaired) electrons. The van der Waals surface area contributed by atoms with Crippen molar-refractivity contribution in [3.63, 3.8) is 0 Å². The van der Waals surface area contributed by atoms with Crippen LogP contribution < -0.4 is 0 Å². The first-order chi connectivity index (χ1) is 11.1. The highest BCUT2D eigenvalue weighted by Crippen LogP contribution is 2.25. The summed E-state index contributed by atoms with van der Waals surface area (Å²) in [7, 11) is 0. The number of benzene rings is 1. The molecule has 0 bridgehead atoms. The minimum absolute atomic E-state index is 0.200. The van der Waals surface area contributed by atoms with E-state index in [1.54, 1.807) is 18.3 Å². The Kier molecular flexibility index (Phi) is 4.18. The molecule has 0 aliphatic heterocycles. The maximum Gasteiger partial charge on any atom is 0.105 e. The van der Waals surface area contributed by atoms with E-state index in [1.165, 1.54) is 0 Å². The Balaban J connectivity index is 1.81. The molecule has 0 amide bonds. The lowest BCUT2D eigenvalue weighted by Gasteiger charge is -2.14. The fourth-order valence-corrected chi connectivity index (χ4v) is 2.69. The molecular weight excluding hydrogens is 310 g/mol. The van der Waals surface area contributed by atoms with Gasteiger partial charge in [0.2, 0.25) is 0 Å². The Labute approximate surface area is 139 Å². The van der Waals surface area contributed by atoms with Gasteiger partial charge in [-0.15, -0.1) is 0 Å². The average Bonchev–Trinajstić information content (AvgIpc) is 3.17. The molecule has 0 aliphatic carbocycles. The second-order valence-corrected chi connectivity index (χ2v) is 5.87. The molecule has 116 valence electrons. The summed E-state index contributed by atoms with van der Waals surface area (Å²) in [5.74, 6) is 0.989. The van der Waals surface area contributed by atoms with Crippen molar-refractivity contribution in [2.45, 2.75) is 26.4 Å². The summed E-state index contributed by atoms with van der Waals surface area (Å²) >= 11 is 6.09. The van der Waals surface area contributed by atoms with Crippen LogP contribution in [-0.4, -0.2) is 19.3 Å². The van der Waals surface area contributed by atoms with Crippen LogP contribution in [0.5, 0.6) is 0 Å². The molecule has 1 atom stereocenters. The smallest absolute Gasteiger partial charge is 0.105 e. The number of rotatable bonds is 4. The molecule has 0 aliphatic rings. The summed E-state index contributed by atoms with van der Waals surface area (Å²) in [6.07, 6.45) is 5.73. The zero-order valence-electron chi connectivity index (χ0n) is 12.9. The highest BCUT2D eigenvalue weighted by molar-refractivity contribution is 6.32. The molecule has 3 aromatic rings. The standard InChI is InChI=1S/C17H16ClN5/c1-12(11-22-8-6-20-13(22)2)23-7-5-17(21-23)14-3-4-15(10-19)16(18)9-14/h3-9,12H,11H2,1-2H3/t12-/m1/s1. The summed E-state index contributed by atoms with van der Waals surface area (Å²) in [6.45, 7) is 4.91. The van der Waals surface area contributed by atoms with Crippen molar-refractivity contribution in [3.8, 4) is 17.3 Å². The number of hydrogen-bond donors (Lipinski definition) is 0. The quantitative estimate of drug-likeness (QED) is 0.732. The van der Waals surface area contributed by atoms with Gasteiger partial charge in [0.15, 0.2) is 0 Å². The van der Waals surface area contributed by atoms with E-state index in [9.17, 15) is 0 Å². The van der Waals surface area contributed by atoms with E-state index in [-0.39, 0.29) is 6.04 Å². The first kappa shape index (κ1) is 15.3. The summed E-state index contributed by atoms with van der Waals surface area (Å²) in [5, 5.41) is 14.0. The number of aromatic nitrogens is 4. The Morgan fingerprint density at radius 2 is 2.13 bits per heavy atom. The minimum atomic E-state index is 0.200. The molecule has 0 N–H and O–H groups in total. The van der Waals surface area contributed by atoms with E-state index in [4.69, 9.17) is 16.9 Å². The highest BCUT2D eigenvalue weighted by atomic mass is 35.5. The Morgan fingerprint density at radius 1 is 1.30 bits per heavy atom. The number of imidazole rings is 1. The first-order valence-corrected chi connectivity index (χ1v) is 7.69. The second-order valence-electron chi connectivity index (χ2n) is 5.46. The Bertz CT molecular complexity index is 871. The van der Waals surface area contributed by atoms with Crippen LogP contribution in [0.25, 0.3) is 11.3 Å². The highest BCUT2D eigenvalue weighted by Gasteiger charge is 2.11.